The van der Waals surface area contributed by atoms with E-state index in [4.69, 9.17) is 4.42 Å². The van der Waals surface area contributed by atoms with Crippen molar-refractivity contribution >= 4 is 5.91 Å². The lowest BCUT2D eigenvalue weighted by Crippen LogP contribution is -2.51. The van der Waals surface area contributed by atoms with E-state index < -0.39 is 0 Å². The third-order valence-electron chi connectivity index (χ3n) is 7.85. The molecule has 1 N–H and O–H groups in total. The van der Waals surface area contributed by atoms with E-state index in [-0.39, 0.29) is 16.9 Å². The predicted molar refractivity (Wildman–Crippen MR) is 118 cm³/mol. The van der Waals surface area contributed by atoms with Crippen LogP contribution in [0, 0.1) is 18.8 Å². The number of hydrogen-bond donors (Lipinski definition) is 1. The Kier molecular flexibility index (Phi) is 4.42. The van der Waals surface area contributed by atoms with E-state index in [0.29, 0.717) is 35.0 Å². The van der Waals surface area contributed by atoms with E-state index in [1.807, 2.05) is 37.3 Å². The highest BCUT2D eigenvalue weighted by molar-refractivity contribution is 5.93. The van der Waals surface area contributed by atoms with Crippen LogP contribution in [0.5, 0.6) is 0 Å². The SMILES string of the molecule is Cc1cccc(C(=O)NC23CCCC4CC2CC(c2nnc(-c5ccccn5)o2)(C4)C3)n1. The van der Waals surface area contributed by atoms with Crippen LogP contribution in [0.25, 0.3) is 11.6 Å². The summed E-state index contributed by atoms with van der Waals surface area (Å²) in [6.45, 7) is 1.91. The van der Waals surface area contributed by atoms with Crippen molar-refractivity contribution in [2.75, 3.05) is 0 Å². The van der Waals surface area contributed by atoms with Crippen molar-refractivity contribution in [3.05, 3.63) is 59.9 Å². The van der Waals surface area contributed by atoms with E-state index in [2.05, 4.69) is 25.5 Å². The second-order valence-corrected chi connectivity index (χ2v) is 9.96. The van der Waals surface area contributed by atoms with Gasteiger partial charge in [0.1, 0.15) is 11.4 Å². The van der Waals surface area contributed by atoms with Gasteiger partial charge < -0.3 is 9.73 Å². The average molecular weight is 430 g/mol. The molecule has 0 aliphatic heterocycles. The van der Waals surface area contributed by atoms with Crippen LogP contribution in [-0.4, -0.2) is 31.6 Å². The summed E-state index contributed by atoms with van der Waals surface area (Å²) in [5, 5.41) is 12.3. The first-order chi connectivity index (χ1) is 15.6. The second kappa shape index (κ2) is 7.22. The molecule has 7 heteroatoms. The zero-order chi connectivity index (χ0) is 21.8. The Labute approximate surface area is 187 Å². The van der Waals surface area contributed by atoms with Crippen LogP contribution < -0.4 is 5.32 Å². The highest BCUT2D eigenvalue weighted by atomic mass is 16.4. The van der Waals surface area contributed by atoms with Crippen LogP contribution in [0.2, 0.25) is 0 Å². The summed E-state index contributed by atoms with van der Waals surface area (Å²) in [6, 6.07) is 11.3. The Morgan fingerprint density at radius 2 is 2.09 bits per heavy atom. The molecule has 0 saturated heterocycles. The average Bonchev–Trinajstić information content (AvgIpc) is 3.34. The molecule has 7 nitrogen and oxygen atoms in total. The largest absolute Gasteiger partial charge is 0.419 e. The minimum atomic E-state index is -0.243. The van der Waals surface area contributed by atoms with E-state index in [9.17, 15) is 4.79 Å². The van der Waals surface area contributed by atoms with Gasteiger partial charge in [-0.1, -0.05) is 25.0 Å². The molecule has 3 heterocycles. The first kappa shape index (κ1) is 19.6. The van der Waals surface area contributed by atoms with Gasteiger partial charge in [-0.3, -0.25) is 9.78 Å². The van der Waals surface area contributed by atoms with Crippen LogP contribution in [0.15, 0.2) is 47.0 Å². The number of fused-ring (bicyclic) bond motifs is 2. The third-order valence-corrected chi connectivity index (χ3v) is 7.85. The van der Waals surface area contributed by atoms with Gasteiger partial charge in [0, 0.05) is 17.4 Å². The van der Waals surface area contributed by atoms with Gasteiger partial charge in [0.05, 0.1) is 5.41 Å². The van der Waals surface area contributed by atoms with E-state index in [1.165, 1.54) is 6.42 Å². The minimum absolute atomic E-state index is 0.0745. The lowest BCUT2D eigenvalue weighted by Gasteiger charge is -2.35. The first-order valence-corrected chi connectivity index (χ1v) is 11.6. The molecule has 6 rings (SSSR count). The smallest absolute Gasteiger partial charge is 0.270 e. The number of carbonyl (C=O) groups is 1. The molecular weight excluding hydrogens is 402 g/mol. The number of hydrogen-bond acceptors (Lipinski definition) is 6. The Morgan fingerprint density at radius 3 is 2.94 bits per heavy atom. The second-order valence-electron chi connectivity index (χ2n) is 9.96. The van der Waals surface area contributed by atoms with Crippen LogP contribution in [0.1, 0.15) is 67.0 Å². The molecule has 3 aromatic rings. The van der Waals surface area contributed by atoms with E-state index >= 15 is 0 Å². The molecule has 3 aromatic heterocycles. The predicted octanol–water partition coefficient (Wildman–Crippen LogP) is 4.25. The van der Waals surface area contributed by atoms with E-state index in [0.717, 1.165) is 44.2 Å². The highest BCUT2D eigenvalue weighted by Gasteiger charge is 2.62. The van der Waals surface area contributed by atoms with Crippen LogP contribution in [-0.2, 0) is 5.41 Å². The number of nitrogens with zero attached hydrogens (tertiary/aromatic N) is 4. The van der Waals surface area contributed by atoms with Crippen LogP contribution >= 0.6 is 0 Å². The normalized spacial score (nSPS) is 30.8. The molecule has 1 amide bonds. The van der Waals surface area contributed by atoms with Crippen molar-refractivity contribution in [2.24, 2.45) is 11.8 Å². The molecule has 3 aliphatic rings. The van der Waals surface area contributed by atoms with Crippen molar-refractivity contribution in [3.63, 3.8) is 0 Å². The van der Waals surface area contributed by atoms with Crippen molar-refractivity contribution in [2.45, 2.75) is 62.8 Å². The number of aryl methyl sites for hydroxylation is 1. The quantitative estimate of drug-likeness (QED) is 0.666. The Bertz CT molecular complexity index is 1160. The van der Waals surface area contributed by atoms with Gasteiger partial charge in [-0.05, 0) is 75.1 Å². The standard InChI is InChI=1S/C25H27N5O2/c1-16-6-4-9-19(27-16)21(31)28-25-10-5-7-17-12-18(25)14-24(13-17,15-25)23-30-29-22(32-23)20-8-2-3-11-26-20/h2-4,6,8-9,11,17-18H,5,7,10,12-15H2,1H3,(H,28,31). The summed E-state index contributed by atoms with van der Waals surface area (Å²) >= 11 is 0. The molecule has 4 unspecified atom stereocenters. The number of nitrogens with one attached hydrogen (secondary N) is 1. The fourth-order valence-electron chi connectivity index (χ4n) is 6.66. The molecule has 3 saturated carbocycles. The lowest BCUT2D eigenvalue weighted by atomic mass is 9.69. The molecule has 3 aliphatic carbocycles. The van der Waals surface area contributed by atoms with Crippen molar-refractivity contribution < 1.29 is 9.21 Å². The summed E-state index contributed by atoms with van der Waals surface area (Å²) in [7, 11) is 0. The van der Waals surface area contributed by atoms with Gasteiger partial charge in [0.25, 0.3) is 11.8 Å². The first-order valence-electron chi connectivity index (χ1n) is 11.6. The molecule has 0 aromatic carbocycles. The number of aromatic nitrogens is 4. The topological polar surface area (TPSA) is 93.8 Å². The summed E-state index contributed by atoms with van der Waals surface area (Å²) < 4.78 is 6.24. The number of carbonyl (C=O) groups excluding carboxylic acids is 1. The van der Waals surface area contributed by atoms with Crippen LogP contribution in [0.3, 0.4) is 0 Å². The van der Waals surface area contributed by atoms with Crippen molar-refractivity contribution in [3.8, 4) is 11.6 Å². The molecule has 164 valence electrons. The van der Waals surface area contributed by atoms with Gasteiger partial charge >= 0.3 is 0 Å². The van der Waals surface area contributed by atoms with Gasteiger partial charge in [0.15, 0.2) is 0 Å². The Hall–Kier alpha value is -3.09. The zero-order valence-corrected chi connectivity index (χ0v) is 18.3. The molecular formula is C25H27N5O2. The van der Waals surface area contributed by atoms with E-state index in [1.54, 1.807) is 12.3 Å². The van der Waals surface area contributed by atoms with Gasteiger partial charge in [0.2, 0.25) is 5.89 Å². The molecule has 0 spiro atoms. The van der Waals surface area contributed by atoms with Crippen molar-refractivity contribution in [1.82, 2.24) is 25.5 Å². The summed E-state index contributed by atoms with van der Waals surface area (Å²) in [4.78, 5) is 22.0. The maximum Gasteiger partial charge on any atom is 0.270 e. The molecule has 32 heavy (non-hydrogen) atoms. The number of rotatable bonds is 4. The fourth-order valence-corrected chi connectivity index (χ4v) is 6.66. The fraction of sp³-hybridized carbons (Fsp3) is 0.480. The van der Waals surface area contributed by atoms with Crippen LogP contribution in [0.4, 0.5) is 0 Å². The summed E-state index contributed by atoms with van der Waals surface area (Å²) in [5.41, 5.74) is 1.62. The summed E-state index contributed by atoms with van der Waals surface area (Å²) in [6.07, 6.45) is 9.10. The third kappa shape index (κ3) is 3.14. The maximum absolute atomic E-state index is 13.2. The Morgan fingerprint density at radius 1 is 1.16 bits per heavy atom. The highest BCUT2D eigenvalue weighted by Crippen LogP contribution is 2.62. The number of pyridine rings is 2. The Balaban J connectivity index is 1.34. The van der Waals surface area contributed by atoms with Gasteiger partial charge in [-0.25, -0.2) is 4.98 Å². The van der Waals surface area contributed by atoms with Gasteiger partial charge in [-0.15, -0.1) is 10.2 Å². The van der Waals surface area contributed by atoms with Crippen molar-refractivity contribution in [1.29, 1.82) is 0 Å². The zero-order valence-electron chi connectivity index (χ0n) is 18.3. The van der Waals surface area contributed by atoms with Gasteiger partial charge in [-0.2, -0.15) is 0 Å². The lowest BCUT2D eigenvalue weighted by molar-refractivity contribution is 0.0856. The number of amides is 1. The summed E-state index contributed by atoms with van der Waals surface area (Å²) in [5.74, 6) is 2.16. The molecule has 0 radical (unpaired) electrons. The molecule has 3 bridgehead atoms. The monoisotopic (exact) mass is 429 g/mol. The molecule has 3 fully saturated rings. The maximum atomic E-state index is 13.2. The minimum Gasteiger partial charge on any atom is -0.419 e. The molecule has 4 atom stereocenters.